The molecule has 0 radical (unpaired) electrons. The lowest BCUT2D eigenvalue weighted by Crippen LogP contribution is -2.15. The number of allylic oxidation sites excluding steroid dienone is 3. The van der Waals surface area contributed by atoms with Crippen LogP contribution in [-0.4, -0.2) is 12.6 Å². The molecule has 1 aliphatic rings. The molecule has 1 rings (SSSR count). The summed E-state index contributed by atoms with van der Waals surface area (Å²) in [6.45, 7) is 3.32. The van der Waals surface area contributed by atoms with Crippen molar-refractivity contribution in [1.82, 2.24) is 0 Å². The molecule has 0 aromatic carbocycles. The van der Waals surface area contributed by atoms with Crippen LogP contribution >= 0.6 is 0 Å². The molecule has 0 saturated heterocycles. The molecule has 62 valence electrons. The fourth-order valence-electron chi connectivity index (χ4n) is 0.874. The van der Waals surface area contributed by atoms with Crippen molar-refractivity contribution in [3.8, 4) is 0 Å². The van der Waals surface area contributed by atoms with E-state index in [1.165, 1.54) is 0 Å². The molecule has 0 unspecified atom stereocenters. The van der Waals surface area contributed by atoms with Crippen LogP contribution in [0.15, 0.2) is 46.2 Å². The highest BCUT2D eigenvalue weighted by molar-refractivity contribution is 5.98. The Hall–Kier alpha value is -1.64. The number of aliphatic imine (C=N–C) groups is 2. The number of hydrogen-bond donors (Lipinski definition) is 1. The SMILES string of the molecule is C=N/C=C\C=C1/CC=CN=C1N. The second-order valence-electron chi connectivity index (χ2n) is 2.32. The number of nitrogens with two attached hydrogens (primary N) is 1. The van der Waals surface area contributed by atoms with Gasteiger partial charge in [-0.05, 0) is 24.8 Å². The molecule has 0 spiro atoms. The smallest absolute Gasteiger partial charge is 0.126 e. The standard InChI is InChI=1S/C9H11N3/c1-11-6-2-4-8-5-3-7-12-9(8)10/h2-4,6-7H,1,5H2,(H2,10,12)/b6-2-,8-4+. The second-order valence-corrected chi connectivity index (χ2v) is 2.32. The molecule has 3 nitrogen and oxygen atoms in total. The van der Waals surface area contributed by atoms with Crippen LogP contribution in [-0.2, 0) is 0 Å². The van der Waals surface area contributed by atoms with Gasteiger partial charge in [0.1, 0.15) is 5.84 Å². The van der Waals surface area contributed by atoms with Crippen LogP contribution < -0.4 is 5.73 Å². The Kier molecular flexibility index (Phi) is 3.02. The Balaban J connectivity index is 2.70. The van der Waals surface area contributed by atoms with Gasteiger partial charge in [-0.2, -0.15) is 0 Å². The van der Waals surface area contributed by atoms with Gasteiger partial charge in [0, 0.05) is 12.4 Å². The molecule has 12 heavy (non-hydrogen) atoms. The highest BCUT2D eigenvalue weighted by Gasteiger charge is 2.01. The van der Waals surface area contributed by atoms with Gasteiger partial charge in [0.25, 0.3) is 0 Å². The lowest BCUT2D eigenvalue weighted by molar-refractivity contribution is 1.23. The maximum Gasteiger partial charge on any atom is 0.126 e. The average Bonchev–Trinajstić information content (AvgIpc) is 2.09. The van der Waals surface area contributed by atoms with Crippen LogP contribution in [0.5, 0.6) is 0 Å². The molecule has 0 aromatic heterocycles. The topological polar surface area (TPSA) is 50.7 Å². The average molecular weight is 161 g/mol. The fourth-order valence-corrected chi connectivity index (χ4v) is 0.874. The fraction of sp³-hybridized carbons (Fsp3) is 0.111. The lowest BCUT2D eigenvalue weighted by atomic mass is 10.1. The highest BCUT2D eigenvalue weighted by Crippen LogP contribution is 2.08. The summed E-state index contributed by atoms with van der Waals surface area (Å²) in [5.41, 5.74) is 6.62. The van der Waals surface area contributed by atoms with E-state index in [2.05, 4.69) is 16.7 Å². The van der Waals surface area contributed by atoms with E-state index in [0.29, 0.717) is 5.84 Å². The van der Waals surface area contributed by atoms with Crippen LogP contribution in [0, 0.1) is 0 Å². The molecule has 1 aliphatic heterocycles. The van der Waals surface area contributed by atoms with E-state index in [1.54, 1.807) is 18.5 Å². The predicted molar refractivity (Wildman–Crippen MR) is 52.2 cm³/mol. The monoisotopic (exact) mass is 161 g/mol. The number of hydrogen-bond acceptors (Lipinski definition) is 3. The van der Waals surface area contributed by atoms with Crippen molar-refractivity contribution < 1.29 is 0 Å². The van der Waals surface area contributed by atoms with Gasteiger partial charge in [-0.1, -0.05) is 12.2 Å². The molecule has 0 aromatic rings. The molecular formula is C9H11N3. The van der Waals surface area contributed by atoms with Crippen molar-refractivity contribution in [2.24, 2.45) is 15.7 Å². The van der Waals surface area contributed by atoms with Gasteiger partial charge in [-0.25, -0.2) is 4.99 Å². The number of amidine groups is 1. The maximum atomic E-state index is 5.61. The minimum absolute atomic E-state index is 0.575. The first-order chi connectivity index (χ1) is 5.84. The lowest BCUT2D eigenvalue weighted by Gasteiger charge is -2.05. The Bertz CT molecular complexity index is 282. The summed E-state index contributed by atoms with van der Waals surface area (Å²) < 4.78 is 0. The van der Waals surface area contributed by atoms with Crippen molar-refractivity contribution in [2.45, 2.75) is 6.42 Å². The maximum absolute atomic E-state index is 5.61. The summed E-state index contributed by atoms with van der Waals surface area (Å²) >= 11 is 0. The molecule has 3 heteroatoms. The molecule has 0 saturated carbocycles. The zero-order valence-corrected chi connectivity index (χ0v) is 6.77. The van der Waals surface area contributed by atoms with E-state index in [-0.39, 0.29) is 0 Å². The largest absolute Gasteiger partial charge is 0.383 e. The molecule has 0 bridgehead atoms. The van der Waals surface area contributed by atoms with E-state index in [4.69, 9.17) is 5.73 Å². The van der Waals surface area contributed by atoms with Crippen LogP contribution in [0.3, 0.4) is 0 Å². The summed E-state index contributed by atoms with van der Waals surface area (Å²) in [5.74, 6) is 0.575. The molecule has 0 fully saturated rings. The third-order valence-corrected chi connectivity index (χ3v) is 1.47. The molecule has 2 N–H and O–H groups in total. The van der Waals surface area contributed by atoms with Gasteiger partial charge in [0.2, 0.25) is 0 Å². The quantitative estimate of drug-likeness (QED) is 0.611. The molecular weight excluding hydrogens is 150 g/mol. The van der Waals surface area contributed by atoms with Crippen LogP contribution in [0.2, 0.25) is 0 Å². The van der Waals surface area contributed by atoms with E-state index < -0.39 is 0 Å². The third kappa shape index (κ3) is 2.20. The Labute approximate surface area is 71.7 Å². The predicted octanol–water partition coefficient (Wildman–Crippen LogP) is 1.40. The van der Waals surface area contributed by atoms with Crippen molar-refractivity contribution in [2.75, 3.05) is 0 Å². The number of rotatable bonds is 2. The molecule has 0 aliphatic carbocycles. The van der Waals surface area contributed by atoms with Gasteiger partial charge in [-0.15, -0.1) is 0 Å². The van der Waals surface area contributed by atoms with Crippen molar-refractivity contribution in [3.63, 3.8) is 0 Å². The second kappa shape index (κ2) is 4.28. The van der Waals surface area contributed by atoms with Crippen LogP contribution in [0.25, 0.3) is 0 Å². The first-order valence-electron chi connectivity index (χ1n) is 3.65. The Morgan fingerprint density at radius 3 is 3.17 bits per heavy atom. The first-order valence-corrected chi connectivity index (χ1v) is 3.65. The number of nitrogens with zero attached hydrogens (tertiary/aromatic N) is 2. The summed E-state index contributed by atoms with van der Waals surface area (Å²) in [4.78, 5) is 7.53. The first kappa shape index (κ1) is 8.46. The van der Waals surface area contributed by atoms with E-state index in [1.807, 2.05) is 12.2 Å². The van der Waals surface area contributed by atoms with Crippen molar-refractivity contribution in [3.05, 3.63) is 36.2 Å². The summed E-state index contributed by atoms with van der Waals surface area (Å²) in [5, 5.41) is 0. The van der Waals surface area contributed by atoms with Gasteiger partial charge in [0.05, 0.1) is 0 Å². The molecule has 0 atom stereocenters. The molecule has 0 amide bonds. The van der Waals surface area contributed by atoms with E-state index in [0.717, 1.165) is 12.0 Å². The van der Waals surface area contributed by atoms with Gasteiger partial charge >= 0.3 is 0 Å². The van der Waals surface area contributed by atoms with E-state index in [9.17, 15) is 0 Å². The van der Waals surface area contributed by atoms with Gasteiger partial charge in [-0.3, -0.25) is 4.99 Å². The highest BCUT2D eigenvalue weighted by atomic mass is 14.8. The van der Waals surface area contributed by atoms with E-state index >= 15 is 0 Å². The Morgan fingerprint density at radius 2 is 2.50 bits per heavy atom. The summed E-state index contributed by atoms with van der Waals surface area (Å²) in [6, 6.07) is 0. The Morgan fingerprint density at radius 1 is 1.67 bits per heavy atom. The van der Waals surface area contributed by atoms with Crippen molar-refractivity contribution >= 4 is 12.6 Å². The normalized spacial score (nSPS) is 20.0. The van der Waals surface area contributed by atoms with Gasteiger partial charge in [0.15, 0.2) is 0 Å². The van der Waals surface area contributed by atoms with Gasteiger partial charge < -0.3 is 5.73 Å². The van der Waals surface area contributed by atoms with Crippen LogP contribution in [0.1, 0.15) is 6.42 Å². The van der Waals surface area contributed by atoms with Crippen LogP contribution in [0.4, 0.5) is 0 Å². The zero-order chi connectivity index (χ0) is 8.81. The summed E-state index contributed by atoms with van der Waals surface area (Å²) in [6.07, 6.45) is 9.79. The minimum atomic E-state index is 0.575. The van der Waals surface area contributed by atoms with Crippen molar-refractivity contribution in [1.29, 1.82) is 0 Å². The minimum Gasteiger partial charge on any atom is -0.383 e. The zero-order valence-electron chi connectivity index (χ0n) is 6.77. The third-order valence-electron chi connectivity index (χ3n) is 1.47. The molecule has 1 heterocycles. The summed E-state index contributed by atoms with van der Waals surface area (Å²) in [7, 11) is 0.